The summed E-state index contributed by atoms with van der Waals surface area (Å²) >= 11 is 0. The third-order valence-corrected chi connectivity index (χ3v) is 5.81. The van der Waals surface area contributed by atoms with E-state index in [2.05, 4.69) is 15.7 Å². The van der Waals surface area contributed by atoms with E-state index < -0.39 is 6.10 Å². The summed E-state index contributed by atoms with van der Waals surface area (Å²) in [7, 11) is 0. The molecule has 0 unspecified atom stereocenters. The highest BCUT2D eigenvalue weighted by Crippen LogP contribution is 2.32. The third-order valence-electron chi connectivity index (χ3n) is 5.81. The second-order valence-corrected chi connectivity index (χ2v) is 8.02. The van der Waals surface area contributed by atoms with Crippen molar-refractivity contribution in [2.45, 2.75) is 39.7 Å². The number of rotatable bonds is 4. The van der Waals surface area contributed by atoms with Gasteiger partial charge in [0.05, 0.1) is 11.2 Å². The molecular formula is C24H23N5O3. The summed E-state index contributed by atoms with van der Waals surface area (Å²) in [5, 5.41) is 11.4. The maximum absolute atomic E-state index is 12.6. The SMILES string of the molecule is Cc1nc2c3ccccc3nn2c(C)c1CCC(=O)Nc1ccc2c(c1)NC(=O)[C@H](C)O2. The molecule has 8 nitrogen and oxygen atoms in total. The lowest BCUT2D eigenvalue weighted by Gasteiger charge is -2.23. The van der Waals surface area contributed by atoms with E-state index in [0.29, 0.717) is 30.0 Å². The molecule has 0 radical (unpaired) electrons. The molecule has 5 rings (SSSR count). The normalized spacial score (nSPS) is 15.3. The smallest absolute Gasteiger partial charge is 0.265 e. The van der Waals surface area contributed by atoms with Crippen LogP contribution in [0.1, 0.15) is 30.3 Å². The number of ether oxygens (including phenoxy) is 1. The molecule has 0 bridgehead atoms. The Morgan fingerprint density at radius 2 is 2.03 bits per heavy atom. The van der Waals surface area contributed by atoms with Crippen LogP contribution in [0.2, 0.25) is 0 Å². The zero-order valence-corrected chi connectivity index (χ0v) is 18.1. The minimum atomic E-state index is -0.534. The van der Waals surface area contributed by atoms with Gasteiger partial charge in [0.1, 0.15) is 5.75 Å². The molecule has 0 saturated carbocycles. The zero-order valence-electron chi connectivity index (χ0n) is 18.1. The topological polar surface area (TPSA) is 97.6 Å². The van der Waals surface area contributed by atoms with Gasteiger partial charge in [0.25, 0.3) is 5.91 Å². The molecule has 162 valence electrons. The summed E-state index contributed by atoms with van der Waals surface area (Å²) in [6, 6.07) is 13.1. The highest BCUT2D eigenvalue weighted by molar-refractivity contribution is 5.99. The number of fused-ring (bicyclic) bond motifs is 4. The van der Waals surface area contributed by atoms with Crippen LogP contribution in [-0.2, 0) is 16.0 Å². The highest BCUT2D eigenvalue weighted by Gasteiger charge is 2.23. The zero-order chi connectivity index (χ0) is 22.4. The molecule has 0 aliphatic carbocycles. The molecule has 3 heterocycles. The van der Waals surface area contributed by atoms with Crippen molar-refractivity contribution in [1.29, 1.82) is 0 Å². The molecule has 0 spiro atoms. The van der Waals surface area contributed by atoms with E-state index in [0.717, 1.165) is 33.5 Å². The number of aromatic nitrogens is 3. The van der Waals surface area contributed by atoms with Gasteiger partial charge < -0.3 is 15.4 Å². The van der Waals surface area contributed by atoms with Gasteiger partial charge in [-0.15, -0.1) is 0 Å². The highest BCUT2D eigenvalue weighted by atomic mass is 16.5. The van der Waals surface area contributed by atoms with E-state index >= 15 is 0 Å². The molecule has 2 aromatic heterocycles. The first kappa shape index (κ1) is 20.0. The fraction of sp³-hybridized carbons (Fsp3) is 0.250. The monoisotopic (exact) mass is 429 g/mol. The van der Waals surface area contributed by atoms with Gasteiger partial charge in [-0.2, -0.15) is 5.10 Å². The van der Waals surface area contributed by atoms with Crippen LogP contribution in [0.25, 0.3) is 16.6 Å². The lowest BCUT2D eigenvalue weighted by molar-refractivity contribution is -0.122. The fourth-order valence-electron chi connectivity index (χ4n) is 4.09. The Bertz CT molecular complexity index is 1390. The number of nitrogens with one attached hydrogen (secondary N) is 2. The van der Waals surface area contributed by atoms with E-state index in [-0.39, 0.29) is 11.8 Å². The summed E-state index contributed by atoms with van der Waals surface area (Å²) in [5.41, 5.74) is 5.79. The second-order valence-electron chi connectivity index (χ2n) is 8.02. The molecule has 1 aliphatic heterocycles. The number of aryl methyl sites for hydroxylation is 2. The lowest BCUT2D eigenvalue weighted by Crippen LogP contribution is -2.34. The van der Waals surface area contributed by atoms with Gasteiger partial charge in [0.15, 0.2) is 11.8 Å². The molecule has 1 aliphatic rings. The number of nitrogens with zero attached hydrogens (tertiary/aromatic N) is 3. The summed E-state index contributed by atoms with van der Waals surface area (Å²) in [6.45, 7) is 5.67. The first-order chi connectivity index (χ1) is 15.4. The predicted octanol–water partition coefficient (Wildman–Crippen LogP) is 3.79. The van der Waals surface area contributed by atoms with Gasteiger partial charge in [-0.1, -0.05) is 12.1 Å². The van der Waals surface area contributed by atoms with Crippen LogP contribution in [0.5, 0.6) is 5.75 Å². The fourth-order valence-corrected chi connectivity index (χ4v) is 4.09. The van der Waals surface area contributed by atoms with Crippen molar-refractivity contribution in [3.63, 3.8) is 0 Å². The van der Waals surface area contributed by atoms with Crippen LogP contribution in [0.15, 0.2) is 42.5 Å². The Hall–Kier alpha value is -3.94. The quantitative estimate of drug-likeness (QED) is 0.514. The number of carbonyl (C=O) groups excluding carboxylic acids is 2. The Kier molecular flexibility index (Phi) is 4.77. The van der Waals surface area contributed by atoms with Gasteiger partial charge in [0.2, 0.25) is 5.91 Å². The van der Waals surface area contributed by atoms with Gasteiger partial charge in [-0.3, -0.25) is 9.59 Å². The number of benzene rings is 2. The molecule has 0 saturated heterocycles. The van der Waals surface area contributed by atoms with E-state index in [1.807, 2.05) is 42.6 Å². The molecule has 2 aromatic carbocycles. The summed E-state index contributed by atoms with van der Waals surface area (Å²) < 4.78 is 7.41. The van der Waals surface area contributed by atoms with Crippen LogP contribution in [-0.4, -0.2) is 32.5 Å². The average Bonchev–Trinajstić information content (AvgIpc) is 3.13. The molecule has 1 atom stereocenters. The van der Waals surface area contributed by atoms with E-state index in [1.54, 1.807) is 25.1 Å². The minimum absolute atomic E-state index is 0.120. The minimum Gasteiger partial charge on any atom is -0.479 e. The number of amides is 2. The van der Waals surface area contributed by atoms with Crippen molar-refractivity contribution in [2.75, 3.05) is 10.6 Å². The second kappa shape index (κ2) is 7.64. The van der Waals surface area contributed by atoms with Crippen molar-refractivity contribution in [3.05, 3.63) is 59.4 Å². The predicted molar refractivity (Wildman–Crippen MR) is 122 cm³/mol. The summed E-state index contributed by atoms with van der Waals surface area (Å²) in [4.78, 5) is 29.2. The van der Waals surface area contributed by atoms with Crippen molar-refractivity contribution >= 4 is 39.7 Å². The van der Waals surface area contributed by atoms with Gasteiger partial charge >= 0.3 is 0 Å². The standard InChI is InChI=1S/C24H23N5O3/c1-13-17(14(2)29-23(25-13)18-6-4-5-7-19(18)28-29)9-11-22(30)26-16-8-10-21-20(12-16)27-24(31)15(3)32-21/h4-8,10,12,15H,9,11H2,1-3H3,(H,26,30)(H,27,31)/t15-/m0/s1. The van der Waals surface area contributed by atoms with E-state index in [9.17, 15) is 9.59 Å². The molecular weight excluding hydrogens is 406 g/mol. The van der Waals surface area contributed by atoms with Crippen molar-refractivity contribution in [2.24, 2.45) is 0 Å². The van der Waals surface area contributed by atoms with Crippen molar-refractivity contribution < 1.29 is 14.3 Å². The van der Waals surface area contributed by atoms with Crippen LogP contribution in [0.4, 0.5) is 11.4 Å². The van der Waals surface area contributed by atoms with Crippen LogP contribution in [0, 0.1) is 13.8 Å². The van der Waals surface area contributed by atoms with Crippen molar-refractivity contribution in [1.82, 2.24) is 14.6 Å². The van der Waals surface area contributed by atoms with Gasteiger partial charge in [-0.25, -0.2) is 9.50 Å². The number of hydrogen-bond donors (Lipinski definition) is 2. The Balaban J connectivity index is 1.33. The summed E-state index contributed by atoms with van der Waals surface area (Å²) in [5.74, 6) is 0.263. The van der Waals surface area contributed by atoms with Crippen LogP contribution < -0.4 is 15.4 Å². The molecule has 0 fully saturated rings. The molecule has 8 heteroatoms. The Morgan fingerprint density at radius 1 is 1.22 bits per heavy atom. The first-order valence-electron chi connectivity index (χ1n) is 10.6. The first-order valence-corrected chi connectivity index (χ1v) is 10.6. The van der Waals surface area contributed by atoms with E-state index in [4.69, 9.17) is 9.72 Å². The van der Waals surface area contributed by atoms with Crippen LogP contribution in [0.3, 0.4) is 0 Å². The van der Waals surface area contributed by atoms with Crippen molar-refractivity contribution in [3.8, 4) is 5.75 Å². The molecule has 2 N–H and O–H groups in total. The Morgan fingerprint density at radius 3 is 2.88 bits per heavy atom. The molecule has 4 aromatic rings. The average molecular weight is 429 g/mol. The summed E-state index contributed by atoms with van der Waals surface area (Å²) in [6.07, 6.45) is 0.310. The van der Waals surface area contributed by atoms with Gasteiger partial charge in [-0.05, 0) is 63.1 Å². The lowest BCUT2D eigenvalue weighted by atomic mass is 10.1. The maximum atomic E-state index is 12.6. The number of hydrogen-bond acceptors (Lipinski definition) is 5. The number of anilines is 2. The largest absolute Gasteiger partial charge is 0.479 e. The van der Waals surface area contributed by atoms with E-state index in [1.165, 1.54) is 0 Å². The van der Waals surface area contributed by atoms with Gasteiger partial charge in [0, 0.05) is 28.9 Å². The Labute approximate surface area is 184 Å². The third kappa shape index (κ3) is 3.43. The molecule has 2 amide bonds. The maximum Gasteiger partial charge on any atom is 0.265 e. The molecule has 32 heavy (non-hydrogen) atoms. The number of carbonyl (C=O) groups is 2. The van der Waals surface area contributed by atoms with Crippen LogP contribution >= 0.6 is 0 Å².